The molecular weight excluding hydrogens is 452 g/mol. The number of amides is 1. The van der Waals surface area contributed by atoms with Gasteiger partial charge in [-0.2, -0.15) is 0 Å². The molecule has 0 bridgehead atoms. The molecule has 3 aromatic rings. The predicted molar refractivity (Wildman–Crippen MR) is 113 cm³/mol. The summed E-state index contributed by atoms with van der Waals surface area (Å²) in [6.45, 7) is -0.0776. The van der Waals surface area contributed by atoms with Crippen LogP contribution >= 0.6 is 22.9 Å². The highest BCUT2D eigenvalue weighted by molar-refractivity contribution is 7.89. The molecule has 0 atom stereocenters. The van der Waals surface area contributed by atoms with Gasteiger partial charge in [-0.1, -0.05) is 29.8 Å². The van der Waals surface area contributed by atoms with Crippen LogP contribution < -0.4 is 10.0 Å². The SMILES string of the molecule is O=C(NCCNS(=O)(=O)c1cccc([N+](=O)[O-])c1)c1csc(-c2ccc(Cl)cc2)n1. The minimum absolute atomic E-state index is 0.0147. The van der Waals surface area contributed by atoms with Crippen molar-refractivity contribution in [2.24, 2.45) is 0 Å². The quantitative estimate of drug-likeness (QED) is 0.298. The molecular formula is C18H15ClN4O5S2. The van der Waals surface area contributed by atoms with Gasteiger partial charge in [0.05, 0.1) is 9.82 Å². The lowest BCUT2D eigenvalue weighted by atomic mass is 10.2. The Bertz CT molecular complexity index is 1180. The molecule has 0 spiro atoms. The summed E-state index contributed by atoms with van der Waals surface area (Å²) in [5.41, 5.74) is 0.714. The van der Waals surface area contributed by atoms with Gasteiger partial charge in [0.1, 0.15) is 10.7 Å². The summed E-state index contributed by atoms with van der Waals surface area (Å²) < 4.78 is 26.8. The van der Waals surface area contributed by atoms with E-state index in [0.29, 0.717) is 10.0 Å². The number of hydrogen-bond acceptors (Lipinski definition) is 7. The average molecular weight is 467 g/mol. The van der Waals surface area contributed by atoms with E-state index in [1.165, 1.54) is 29.5 Å². The van der Waals surface area contributed by atoms with E-state index in [9.17, 15) is 23.3 Å². The fraction of sp³-hybridized carbons (Fsp3) is 0.111. The van der Waals surface area contributed by atoms with E-state index >= 15 is 0 Å². The Balaban J connectivity index is 1.54. The number of carbonyl (C=O) groups excluding carboxylic acids is 1. The Kier molecular flexibility index (Phi) is 6.77. The van der Waals surface area contributed by atoms with E-state index in [1.54, 1.807) is 29.6 Å². The predicted octanol–water partition coefficient (Wildman–Crippen LogP) is 3.08. The van der Waals surface area contributed by atoms with Crippen molar-refractivity contribution < 1.29 is 18.1 Å². The molecule has 2 N–H and O–H groups in total. The topological polar surface area (TPSA) is 131 Å². The van der Waals surface area contributed by atoms with Crippen LogP contribution in [0.3, 0.4) is 0 Å². The van der Waals surface area contributed by atoms with E-state index in [2.05, 4.69) is 15.0 Å². The highest BCUT2D eigenvalue weighted by Crippen LogP contribution is 2.25. The second-order valence-corrected chi connectivity index (χ2v) is 9.01. The smallest absolute Gasteiger partial charge is 0.270 e. The zero-order chi connectivity index (χ0) is 21.7. The molecule has 1 amide bonds. The second-order valence-electron chi connectivity index (χ2n) is 5.95. The highest BCUT2D eigenvalue weighted by Gasteiger charge is 2.17. The van der Waals surface area contributed by atoms with E-state index in [-0.39, 0.29) is 29.4 Å². The van der Waals surface area contributed by atoms with Crippen LogP contribution in [0.1, 0.15) is 10.5 Å². The summed E-state index contributed by atoms with van der Waals surface area (Å²) in [5, 5.41) is 16.2. The van der Waals surface area contributed by atoms with Gasteiger partial charge in [-0.3, -0.25) is 14.9 Å². The monoisotopic (exact) mass is 466 g/mol. The Hall–Kier alpha value is -2.86. The van der Waals surface area contributed by atoms with E-state index in [0.717, 1.165) is 11.6 Å². The number of benzene rings is 2. The number of sulfonamides is 1. The lowest BCUT2D eigenvalue weighted by Gasteiger charge is -2.07. The number of hydrogen-bond donors (Lipinski definition) is 2. The first-order valence-corrected chi connectivity index (χ1v) is 11.2. The number of halogens is 1. The largest absolute Gasteiger partial charge is 0.349 e. The molecule has 0 aliphatic heterocycles. The number of nitrogens with zero attached hydrogens (tertiary/aromatic N) is 2. The number of nitro benzene ring substituents is 1. The summed E-state index contributed by atoms with van der Waals surface area (Å²) in [4.78, 5) is 26.4. The maximum absolute atomic E-state index is 12.2. The van der Waals surface area contributed by atoms with Crippen molar-refractivity contribution in [1.29, 1.82) is 0 Å². The standard InChI is InChI=1S/C18H15ClN4O5S2/c19-13-6-4-12(5-7-13)18-22-16(11-29-18)17(24)20-8-9-21-30(27,28)15-3-1-2-14(10-15)23(25)26/h1-7,10-11,21H,8-9H2,(H,20,24). The molecule has 1 heterocycles. The van der Waals surface area contributed by atoms with Crippen LogP contribution in [0.15, 0.2) is 58.8 Å². The second kappa shape index (κ2) is 9.30. The fourth-order valence-corrected chi connectivity index (χ4v) is 4.41. The summed E-state index contributed by atoms with van der Waals surface area (Å²) in [6, 6.07) is 11.8. The third-order valence-electron chi connectivity index (χ3n) is 3.87. The van der Waals surface area contributed by atoms with Crippen LogP contribution in [0.2, 0.25) is 5.02 Å². The van der Waals surface area contributed by atoms with Crippen LogP contribution in [0.5, 0.6) is 0 Å². The number of rotatable bonds is 8. The van der Waals surface area contributed by atoms with Gasteiger partial charge in [-0.05, 0) is 18.2 Å². The minimum Gasteiger partial charge on any atom is -0.349 e. The van der Waals surface area contributed by atoms with E-state index < -0.39 is 20.9 Å². The molecule has 2 aromatic carbocycles. The number of nitro groups is 1. The first-order valence-electron chi connectivity index (χ1n) is 8.50. The molecule has 1 aromatic heterocycles. The summed E-state index contributed by atoms with van der Waals surface area (Å²) in [7, 11) is -3.94. The van der Waals surface area contributed by atoms with Crippen molar-refractivity contribution in [2.75, 3.05) is 13.1 Å². The fourth-order valence-electron chi connectivity index (χ4n) is 2.40. The summed E-state index contributed by atoms with van der Waals surface area (Å²) in [6.07, 6.45) is 0. The number of aromatic nitrogens is 1. The van der Waals surface area contributed by atoms with Crippen molar-refractivity contribution in [3.8, 4) is 10.6 Å². The number of non-ortho nitro benzene ring substituents is 1. The van der Waals surface area contributed by atoms with Crippen molar-refractivity contribution in [3.05, 3.63) is 74.7 Å². The van der Waals surface area contributed by atoms with Crippen LogP contribution in [-0.4, -0.2) is 37.3 Å². The molecule has 0 saturated heterocycles. The van der Waals surface area contributed by atoms with Gasteiger partial charge in [0.25, 0.3) is 11.6 Å². The van der Waals surface area contributed by atoms with E-state index in [1.807, 2.05) is 0 Å². The lowest BCUT2D eigenvalue weighted by molar-refractivity contribution is -0.385. The van der Waals surface area contributed by atoms with E-state index in [4.69, 9.17) is 11.6 Å². The maximum atomic E-state index is 12.2. The van der Waals surface area contributed by atoms with Gasteiger partial charge >= 0.3 is 0 Å². The molecule has 30 heavy (non-hydrogen) atoms. The Morgan fingerprint density at radius 1 is 1.17 bits per heavy atom. The minimum atomic E-state index is -3.94. The molecule has 12 heteroatoms. The molecule has 9 nitrogen and oxygen atoms in total. The maximum Gasteiger partial charge on any atom is 0.270 e. The first kappa shape index (κ1) is 21.8. The van der Waals surface area contributed by atoms with Crippen LogP contribution in [-0.2, 0) is 10.0 Å². The van der Waals surface area contributed by atoms with Crippen molar-refractivity contribution in [2.45, 2.75) is 4.90 Å². The summed E-state index contributed by atoms with van der Waals surface area (Å²) in [5.74, 6) is -0.444. The van der Waals surface area contributed by atoms with Crippen molar-refractivity contribution >= 4 is 44.6 Å². The molecule has 3 rings (SSSR count). The third kappa shape index (κ3) is 5.39. The number of nitrogens with one attached hydrogen (secondary N) is 2. The molecule has 0 fully saturated rings. The molecule has 156 valence electrons. The average Bonchev–Trinajstić information content (AvgIpc) is 3.22. The van der Waals surface area contributed by atoms with Gasteiger partial charge in [-0.15, -0.1) is 11.3 Å². The van der Waals surface area contributed by atoms with Crippen LogP contribution in [0.4, 0.5) is 5.69 Å². The van der Waals surface area contributed by atoms with Gasteiger partial charge in [-0.25, -0.2) is 18.1 Å². The molecule has 0 radical (unpaired) electrons. The summed E-state index contributed by atoms with van der Waals surface area (Å²) >= 11 is 7.16. The molecule has 0 aliphatic carbocycles. The Morgan fingerprint density at radius 3 is 2.60 bits per heavy atom. The van der Waals surface area contributed by atoms with Crippen LogP contribution in [0.25, 0.3) is 10.6 Å². The van der Waals surface area contributed by atoms with Gasteiger partial charge in [0.2, 0.25) is 10.0 Å². The zero-order valence-corrected chi connectivity index (χ0v) is 17.6. The number of thiazole rings is 1. The highest BCUT2D eigenvalue weighted by atomic mass is 35.5. The molecule has 0 unspecified atom stereocenters. The first-order chi connectivity index (χ1) is 14.3. The zero-order valence-electron chi connectivity index (χ0n) is 15.2. The third-order valence-corrected chi connectivity index (χ3v) is 6.47. The van der Waals surface area contributed by atoms with Crippen molar-refractivity contribution in [3.63, 3.8) is 0 Å². The van der Waals surface area contributed by atoms with Crippen molar-refractivity contribution in [1.82, 2.24) is 15.0 Å². The Morgan fingerprint density at radius 2 is 1.90 bits per heavy atom. The molecule has 0 saturated carbocycles. The normalized spacial score (nSPS) is 11.2. The van der Waals surface area contributed by atoms with Gasteiger partial charge < -0.3 is 5.32 Å². The lowest BCUT2D eigenvalue weighted by Crippen LogP contribution is -2.34. The van der Waals surface area contributed by atoms with Gasteiger partial charge in [0, 0.05) is 41.2 Å². The van der Waals surface area contributed by atoms with Gasteiger partial charge in [0.15, 0.2) is 0 Å². The Labute approximate surface area is 180 Å². The van der Waals surface area contributed by atoms with Crippen LogP contribution in [0, 0.1) is 10.1 Å². The molecule has 0 aliphatic rings. The number of carbonyl (C=O) groups is 1.